The molecule has 0 fully saturated rings. The molecular weight excluding hydrogens is 327 g/mol. The lowest BCUT2D eigenvalue weighted by atomic mass is 10.2. The maximum absolute atomic E-state index is 12.6. The summed E-state index contributed by atoms with van der Waals surface area (Å²) in [5, 5.41) is 2.75. The minimum absolute atomic E-state index is 0.0176. The van der Waals surface area contributed by atoms with Crippen molar-refractivity contribution in [3.8, 4) is 0 Å². The predicted molar refractivity (Wildman–Crippen MR) is 68.9 cm³/mol. The van der Waals surface area contributed by atoms with E-state index in [0.717, 1.165) is 6.07 Å². The zero-order chi connectivity index (χ0) is 14.5. The van der Waals surface area contributed by atoms with Gasteiger partial charge >= 0.3 is 12.1 Å². The number of carbonyl (C=O) groups is 1. The van der Waals surface area contributed by atoms with Crippen molar-refractivity contribution in [3.63, 3.8) is 0 Å². The number of hydrogen-bond donors (Lipinski definition) is 1. The number of nitrogens with one attached hydrogen (secondary N) is 1. The molecule has 1 rings (SSSR count). The van der Waals surface area contributed by atoms with Crippen molar-refractivity contribution in [2.24, 2.45) is 0 Å². The molecule has 0 atom stereocenters. The number of benzene rings is 1. The fourth-order valence-electron chi connectivity index (χ4n) is 1.39. The van der Waals surface area contributed by atoms with Gasteiger partial charge in [0, 0.05) is 16.7 Å². The van der Waals surface area contributed by atoms with Crippen LogP contribution in [-0.2, 0) is 15.7 Å². The average molecular weight is 340 g/mol. The molecule has 0 spiro atoms. The number of esters is 1. The Labute approximate surface area is 117 Å². The Balaban J connectivity index is 2.63. The molecule has 0 aliphatic rings. The quantitative estimate of drug-likeness (QED) is 0.828. The lowest BCUT2D eigenvalue weighted by molar-refractivity contribution is -0.142. The van der Waals surface area contributed by atoms with Gasteiger partial charge in [-0.25, -0.2) is 0 Å². The highest BCUT2D eigenvalue weighted by Gasteiger charge is 2.33. The first-order valence-corrected chi connectivity index (χ1v) is 6.40. The van der Waals surface area contributed by atoms with Crippen molar-refractivity contribution in [2.45, 2.75) is 19.5 Å². The summed E-state index contributed by atoms with van der Waals surface area (Å²) in [6.07, 6.45) is -4.32. The van der Waals surface area contributed by atoms with E-state index in [-0.39, 0.29) is 30.0 Å². The van der Waals surface area contributed by atoms with Crippen LogP contribution in [0.4, 0.5) is 18.9 Å². The van der Waals surface area contributed by atoms with Crippen molar-refractivity contribution < 1.29 is 22.7 Å². The minimum atomic E-state index is -4.42. The zero-order valence-corrected chi connectivity index (χ0v) is 11.8. The molecule has 1 N–H and O–H groups in total. The molecule has 0 saturated carbocycles. The number of ether oxygens (including phenoxy) is 1. The number of anilines is 1. The van der Waals surface area contributed by atoms with E-state index in [4.69, 9.17) is 4.74 Å². The first kappa shape index (κ1) is 15.8. The molecule has 0 bridgehead atoms. The molecule has 19 heavy (non-hydrogen) atoms. The van der Waals surface area contributed by atoms with Gasteiger partial charge in [-0.1, -0.05) is 15.9 Å². The maximum atomic E-state index is 12.6. The summed E-state index contributed by atoms with van der Waals surface area (Å²) in [6, 6.07) is 3.81. The van der Waals surface area contributed by atoms with Crippen LogP contribution in [0, 0.1) is 0 Å². The second-order valence-electron chi connectivity index (χ2n) is 3.67. The number of alkyl halides is 3. The predicted octanol–water partition coefficient (Wildman–Crippen LogP) is 3.83. The van der Waals surface area contributed by atoms with Gasteiger partial charge < -0.3 is 10.1 Å². The maximum Gasteiger partial charge on any atom is 0.417 e. The Morgan fingerprint density at radius 3 is 2.68 bits per heavy atom. The molecule has 0 radical (unpaired) electrons. The molecule has 3 nitrogen and oxygen atoms in total. The van der Waals surface area contributed by atoms with Crippen LogP contribution < -0.4 is 5.32 Å². The summed E-state index contributed by atoms with van der Waals surface area (Å²) < 4.78 is 42.6. The van der Waals surface area contributed by atoms with Gasteiger partial charge in [-0.3, -0.25) is 4.79 Å². The Morgan fingerprint density at radius 2 is 2.11 bits per heavy atom. The highest BCUT2D eigenvalue weighted by molar-refractivity contribution is 9.10. The molecule has 0 amide bonds. The Kier molecular flexibility index (Phi) is 5.65. The molecule has 7 heteroatoms. The van der Waals surface area contributed by atoms with Crippen LogP contribution in [0.2, 0.25) is 0 Å². The summed E-state index contributed by atoms with van der Waals surface area (Å²) in [6.45, 7) is 2.20. The molecule has 0 heterocycles. The fraction of sp³-hybridized carbons (Fsp3) is 0.417. The second kappa shape index (κ2) is 6.79. The standard InChI is InChI=1S/C12H13BrF3NO2/c1-2-19-11(18)5-6-17-8-3-4-10(13)9(7-8)12(14,15)16/h3-4,7,17H,2,5-6H2,1H3. The summed E-state index contributed by atoms with van der Waals surface area (Å²) >= 11 is 2.86. The van der Waals surface area contributed by atoms with E-state index in [9.17, 15) is 18.0 Å². The lowest BCUT2D eigenvalue weighted by Gasteiger charge is -2.12. The van der Waals surface area contributed by atoms with Gasteiger partial charge in [0.1, 0.15) is 0 Å². The summed E-state index contributed by atoms with van der Waals surface area (Å²) in [5.41, 5.74) is -0.451. The Hall–Kier alpha value is -1.24. The van der Waals surface area contributed by atoms with Crippen LogP contribution >= 0.6 is 15.9 Å². The van der Waals surface area contributed by atoms with E-state index in [2.05, 4.69) is 21.2 Å². The molecular formula is C12H13BrF3NO2. The van der Waals surface area contributed by atoms with E-state index in [1.165, 1.54) is 12.1 Å². The van der Waals surface area contributed by atoms with Crippen LogP contribution in [0.3, 0.4) is 0 Å². The SMILES string of the molecule is CCOC(=O)CCNc1ccc(Br)c(C(F)(F)F)c1. The topological polar surface area (TPSA) is 38.3 Å². The third-order valence-corrected chi connectivity index (χ3v) is 2.93. The van der Waals surface area contributed by atoms with Crippen molar-refractivity contribution in [1.29, 1.82) is 0 Å². The summed E-state index contributed by atoms with van der Waals surface area (Å²) in [7, 11) is 0. The van der Waals surface area contributed by atoms with Gasteiger partial charge in [-0.15, -0.1) is 0 Å². The molecule has 0 aliphatic heterocycles. The zero-order valence-electron chi connectivity index (χ0n) is 10.2. The number of hydrogen-bond acceptors (Lipinski definition) is 3. The van der Waals surface area contributed by atoms with E-state index in [0.29, 0.717) is 5.69 Å². The van der Waals surface area contributed by atoms with Crippen molar-refractivity contribution in [2.75, 3.05) is 18.5 Å². The van der Waals surface area contributed by atoms with Gasteiger partial charge in [-0.2, -0.15) is 13.2 Å². The monoisotopic (exact) mass is 339 g/mol. The normalized spacial score (nSPS) is 11.2. The first-order chi connectivity index (χ1) is 8.84. The Morgan fingerprint density at radius 1 is 1.42 bits per heavy atom. The molecule has 106 valence electrons. The second-order valence-corrected chi connectivity index (χ2v) is 4.53. The smallest absolute Gasteiger partial charge is 0.417 e. The summed E-state index contributed by atoms with van der Waals surface area (Å²) in [5.74, 6) is -0.386. The van der Waals surface area contributed by atoms with Gasteiger partial charge in [0.2, 0.25) is 0 Å². The van der Waals surface area contributed by atoms with Gasteiger partial charge in [0.05, 0.1) is 18.6 Å². The van der Waals surface area contributed by atoms with Crippen molar-refractivity contribution >= 4 is 27.6 Å². The molecule has 0 unspecified atom stereocenters. The van der Waals surface area contributed by atoms with Crippen molar-refractivity contribution in [1.82, 2.24) is 0 Å². The summed E-state index contributed by atoms with van der Waals surface area (Å²) in [4.78, 5) is 11.1. The van der Waals surface area contributed by atoms with Gasteiger partial charge in [0.25, 0.3) is 0 Å². The highest BCUT2D eigenvalue weighted by Crippen LogP contribution is 2.36. The van der Waals surface area contributed by atoms with E-state index in [1.807, 2.05) is 0 Å². The van der Waals surface area contributed by atoms with E-state index in [1.54, 1.807) is 6.92 Å². The highest BCUT2D eigenvalue weighted by atomic mass is 79.9. The van der Waals surface area contributed by atoms with Crippen LogP contribution in [0.5, 0.6) is 0 Å². The number of rotatable bonds is 5. The largest absolute Gasteiger partial charge is 0.466 e. The van der Waals surface area contributed by atoms with Crippen molar-refractivity contribution in [3.05, 3.63) is 28.2 Å². The third kappa shape index (κ3) is 5.10. The van der Waals surface area contributed by atoms with E-state index >= 15 is 0 Å². The first-order valence-electron chi connectivity index (χ1n) is 5.61. The number of carbonyl (C=O) groups excluding carboxylic acids is 1. The molecule has 1 aromatic carbocycles. The minimum Gasteiger partial charge on any atom is -0.466 e. The fourth-order valence-corrected chi connectivity index (χ4v) is 1.87. The van der Waals surface area contributed by atoms with Crippen LogP contribution in [0.15, 0.2) is 22.7 Å². The number of halogens is 4. The Bertz CT molecular complexity index is 449. The molecule has 1 aromatic rings. The third-order valence-electron chi connectivity index (χ3n) is 2.24. The molecule has 0 saturated heterocycles. The molecule has 0 aromatic heterocycles. The van der Waals surface area contributed by atoms with Gasteiger partial charge in [-0.05, 0) is 25.1 Å². The van der Waals surface area contributed by atoms with Gasteiger partial charge in [0.15, 0.2) is 0 Å². The van der Waals surface area contributed by atoms with Crippen LogP contribution in [0.1, 0.15) is 18.9 Å². The van der Waals surface area contributed by atoms with E-state index < -0.39 is 11.7 Å². The van der Waals surface area contributed by atoms with Crippen LogP contribution in [0.25, 0.3) is 0 Å². The molecule has 0 aliphatic carbocycles. The average Bonchev–Trinajstić information content (AvgIpc) is 2.30. The lowest BCUT2D eigenvalue weighted by Crippen LogP contribution is -2.12. The van der Waals surface area contributed by atoms with Crippen LogP contribution in [-0.4, -0.2) is 19.1 Å².